The molecule has 1 atom stereocenters. The predicted octanol–water partition coefficient (Wildman–Crippen LogP) is 2.71. The quantitative estimate of drug-likeness (QED) is 0.869. The van der Waals surface area contributed by atoms with Gasteiger partial charge in [-0.15, -0.1) is 0 Å². The Morgan fingerprint density at radius 1 is 1.31 bits per heavy atom. The summed E-state index contributed by atoms with van der Waals surface area (Å²) in [6, 6.07) is 3.14. The van der Waals surface area contributed by atoms with E-state index in [0.29, 0.717) is 13.0 Å². The maximum atomic E-state index is 12.5. The molecule has 0 amide bonds. The number of alkyl halides is 3. The molecule has 0 unspecified atom stereocenters. The molecule has 0 saturated carbocycles. The van der Waals surface area contributed by atoms with Crippen molar-refractivity contribution in [3.63, 3.8) is 0 Å². The minimum Gasteiger partial charge on any atom is -0.330 e. The first-order chi connectivity index (χ1) is 7.38. The lowest BCUT2D eigenvalue weighted by Crippen LogP contribution is -2.17. The summed E-state index contributed by atoms with van der Waals surface area (Å²) in [4.78, 5) is 0. The van der Waals surface area contributed by atoms with Gasteiger partial charge in [-0.25, -0.2) is 0 Å². The number of hydrogen-bond donors (Lipinski definition) is 2. The van der Waals surface area contributed by atoms with Crippen molar-refractivity contribution < 1.29 is 13.2 Å². The van der Waals surface area contributed by atoms with Crippen LogP contribution < -0.4 is 11.5 Å². The molecule has 0 aliphatic rings. The van der Waals surface area contributed by atoms with Gasteiger partial charge in [0.15, 0.2) is 0 Å². The predicted molar refractivity (Wildman–Crippen MR) is 57.1 cm³/mol. The highest BCUT2D eigenvalue weighted by Gasteiger charge is 2.34. The topological polar surface area (TPSA) is 52.0 Å². The van der Waals surface area contributed by atoms with Gasteiger partial charge in [0.25, 0.3) is 0 Å². The molecule has 90 valence electrons. The van der Waals surface area contributed by atoms with Crippen molar-refractivity contribution in [2.45, 2.75) is 18.6 Å². The number of halogens is 4. The summed E-state index contributed by atoms with van der Waals surface area (Å²) >= 11 is 5.68. The molecule has 0 fully saturated rings. The van der Waals surface area contributed by atoms with Gasteiger partial charge >= 0.3 is 6.18 Å². The van der Waals surface area contributed by atoms with Gasteiger partial charge in [-0.05, 0) is 24.6 Å². The third kappa shape index (κ3) is 2.87. The van der Waals surface area contributed by atoms with E-state index in [4.69, 9.17) is 23.1 Å². The molecule has 0 aliphatic carbocycles. The molecule has 0 saturated heterocycles. The average molecular weight is 253 g/mol. The molecular formula is C10H12ClF3N2. The molecule has 0 heterocycles. The van der Waals surface area contributed by atoms with E-state index in [0.717, 1.165) is 6.07 Å². The molecule has 1 aromatic rings. The zero-order valence-corrected chi connectivity index (χ0v) is 9.15. The molecule has 1 aromatic carbocycles. The summed E-state index contributed by atoms with van der Waals surface area (Å²) in [5.74, 6) is 0. The van der Waals surface area contributed by atoms with E-state index in [1.165, 1.54) is 12.1 Å². The van der Waals surface area contributed by atoms with Gasteiger partial charge < -0.3 is 11.5 Å². The number of rotatable bonds is 3. The fourth-order valence-electron chi connectivity index (χ4n) is 1.39. The van der Waals surface area contributed by atoms with E-state index in [9.17, 15) is 13.2 Å². The monoisotopic (exact) mass is 252 g/mol. The first-order valence-corrected chi connectivity index (χ1v) is 5.07. The Balaban J connectivity index is 3.14. The van der Waals surface area contributed by atoms with Crippen molar-refractivity contribution in [2.24, 2.45) is 11.5 Å². The van der Waals surface area contributed by atoms with Crippen molar-refractivity contribution in [1.82, 2.24) is 0 Å². The van der Waals surface area contributed by atoms with Crippen LogP contribution in [0.5, 0.6) is 0 Å². The Morgan fingerprint density at radius 2 is 1.94 bits per heavy atom. The Labute approximate surface area is 96.4 Å². The molecule has 0 radical (unpaired) electrons. The van der Waals surface area contributed by atoms with Gasteiger partial charge in [-0.3, -0.25) is 0 Å². The second-order valence-electron chi connectivity index (χ2n) is 3.39. The van der Waals surface area contributed by atoms with Crippen LogP contribution in [-0.4, -0.2) is 6.54 Å². The van der Waals surface area contributed by atoms with Gasteiger partial charge in [-0.2, -0.15) is 13.2 Å². The average Bonchev–Trinajstić information content (AvgIpc) is 2.16. The van der Waals surface area contributed by atoms with Crippen LogP contribution in [0.15, 0.2) is 18.2 Å². The van der Waals surface area contributed by atoms with Crippen LogP contribution >= 0.6 is 11.6 Å². The summed E-state index contributed by atoms with van der Waals surface area (Å²) in [6.45, 7) is 0.299. The van der Waals surface area contributed by atoms with Crippen LogP contribution in [0.3, 0.4) is 0 Å². The minimum absolute atomic E-state index is 0.280. The van der Waals surface area contributed by atoms with Crippen molar-refractivity contribution in [3.8, 4) is 0 Å². The Hall–Kier alpha value is -0.780. The molecule has 2 nitrogen and oxygen atoms in total. The number of hydrogen-bond acceptors (Lipinski definition) is 2. The molecule has 1 rings (SSSR count). The first kappa shape index (κ1) is 13.3. The maximum Gasteiger partial charge on any atom is 0.417 e. The van der Waals surface area contributed by atoms with Crippen LogP contribution in [0, 0.1) is 0 Å². The van der Waals surface area contributed by atoms with Gasteiger partial charge in [0.05, 0.1) is 10.6 Å². The minimum atomic E-state index is -4.46. The molecule has 0 spiro atoms. The summed E-state index contributed by atoms with van der Waals surface area (Å²) in [7, 11) is 0. The SMILES string of the molecule is NCC[C@@H](N)c1cccc(C(F)(F)F)c1Cl. The largest absolute Gasteiger partial charge is 0.417 e. The van der Waals surface area contributed by atoms with E-state index in [-0.39, 0.29) is 10.6 Å². The zero-order valence-electron chi connectivity index (χ0n) is 8.39. The van der Waals surface area contributed by atoms with Crippen molar-refractivity contribution in [2.75, 3.05) is 6.54 Å². The fourth-order valence-corrected chi connectivity index (χ4v) is 1.76. The van der Waals surface area contributed by atoms with Crippen LogP contribution in [0.4, 0.5) is 13.2 Å². The summed E-state index contributed by atoms with van der Waals surface area (Å²) in [5.41, 5.74) is 10.4. The third-order valence-electron chi connectivity index (χ3n) is 2.21. The summed E-state index contributed by atoms with van der Waals surface area (Å²) < 4.78 is 37.6. The van der Waals surface area contributed by atoms with Crippen molar-refractivity contribution in [3.05, 3.63) is 34.3 Å². The standard InChI is InChI=1S/C10H12ClF3N2/c11-9-6(8(16)4-5-15)2-1-3-7(9)10(12,13)14/h1-3,8H,4-5,15-16H2/t8-/m1/s1. The van der Waals surface area contributed by atoms with Crippen LogP contribution in [0.2, 0.25) is 5.02 Å². The Kier molecular flexibility index (Phi) is 4.18. The zero-order chi connectivity index (χ0) is 12.3. The summed E-state index contributed by atoms with van der Waals surface area (Å²) in [5, 5.41) is -0.337. The molecular weight excluding hydrogens is 241 g/mol. The van der Waals surface area contributed by atoms with Crippen molar-refractivity contribution >= 4 is 11.6 Å². The lowest BCUT2D eigenvalue weighted by atomic mass is 10.0. The van der Waals surface area contributed by atoms with E-state index >= 15 is 0 Å². The lowest BCUT2D eigenvalue weighted by Gasteiger charge is -2.16. The van der Waals surface area contributed by atoms with Gasteiger partial charge in [0.2, 0.25) is 0 Å². The maximum absolute atomic E-state index is 12.5. The lowest BCUT2D eigenvalue weighted by molar-refractivity contribution is -0.137. The number of benzene rings is 1. The molecule has 4 N–H and O–H groups in total. The van der Waals surface area contributed by atoms with E-state index in [1.807, 2.05) is 0 Å². The van der Waals surface area contributed by atoms with Gasteiger partial charge in [-0.1, -0.05) is 23.7 Å². The molecule has 16 heavy (non-hydrogen) atoms. The molecule has 0 aliphatic heterocycles. The number of nitrogens with two attached hydrogens (primary N) is 2. The van der Waals surface area contributed by atoms with E-state index < -0.39 is 17.8 Å². The molecule has 0 aromatic heterocycles. The van der Waals surface area contributed by atoms with E-state index in [1.54, 1.807) is 0 Å². The highest BCUT2D eigenvalue weighted by molar-refractivity contribution is 6.32. The van der Waals surface area contributed by atoms with Gasteiger partial charge in [0.1, 0.15) is 0 Å². The Bertz CT molecular complexity index is 366. The van der Waals surface area contributed by atoms with Crippen molar-refractivity contribution in [1.29, 1.82) is 0 Å². The highest BCUT2D eigenvalue weighted by Crippen LogP contribution is 2.37. The first-order valence-electron chi connectivity index (χ1n) is 4.69. The summed E-state index contributed by atoms with van der Waals surface area (Å²) in [6.07, 6.45) is -4.07. The van der Waals surface area contributed by atoms with Crippen LogP contribution in [0.25, 0.3) is 0 Å². The molecule has 0 bridgehead atoms. The van der Waals surface area contributed by atoms with E-state index in [2.05, 4.69) is 0 Å². The van der Waals surface area contributed by atoms with Crippen LogP contribution in [-0.2, 0) is 6.18 Å². The fraction of sp³-hybridized carbons (Fsp3) is 0.400. The van der Waals surface area contributed by atoms with Gasteiger partial charge in [0, 0.05) is 6.04 Å². The second kappa shape index (κ2) is 5.03. The second-order valence-corrected chi connectivity index (χ2v) is 3.77. The third-order valence-corrected chi connectivity index (χ3v) is 2.63. The smallest absolute Gasteiger partial charge is 0.330 e. The normalized spacial score (nSPS) is 13.9. The highest BCUT2D eigenvalue weighted by atomic mass is 35.5. The molecule has 6 heteroatoms. The van der Waals surface area contributed by atoms with Crippen LogP contribution in [0.1, 0.15) is 23.6 Å². The Morgan fingerprint density at radius 3 is 2.44 bits per heavy atom.